The average molecular weight is 295 g/mol. The molecule has 0 unspecified atom stereocenters. The summed E-state index contributed by atoms with van der Waals surface area (Å²) in [6.45, 7) is 5.74. The molecule has 3 rings (SSSR count). The molecule has 0 aromatic heterocycles. The first-order chi connectivity index (χ1) is 10.1. The van der Waals surface area contributed by atoms with E-state index < -0.39 is 0 Å². The molecule has 0 aromatic carbocycles. The molecule has 118 valence electrons. The number of carbonyl (C=O) groups excluding carboxylic acids is 2. The number of amides is 2. The Hall–Kier alpha value is -1.14. The predicted molar refractivity (Wildman–Crippen MR) is 77.8 cm³/mol. The van der Waals surface area contributed by atoms with Crippen molar-refractivity contribution < 1.29 is 14.3 Å². The molecule has 0 N–H and O–H groups in total. The van der Waals surface area contributed by atoms with Crippen molar-refractivity contribution in [3.05, 3.63) is 0 Å². The zero-order chi connectivity index (χ0) is 14.9. The topological polar surface area (TPSA) is 53.1 Å². The Morgan fingerprint density at radius 1 is 0.905 bits per heavy atom. The summed E-state index contributed by atoms with van der Waals surface area (Å²) < 4.78 is 5.24. The standard InChI is InChI=1S/C15H25N3O3/c1-16-6-4-15(11-16)3-2-5-18(12-15)14(20)13(19)17-7-9-21-10-8-17/h2-12H2,1H3/t15-/m1/s1. The van der Waals surface area contributed by atoms with Gasteiger partial charge in [0.05, 0.1) is 13.2 Å². The van der Waals surface area contributed by atoms with Gasteiger partial charge in [0.1, 0.15) is 0 Å². The van der Waals surface area contributed by atoms with Crippen LogP contribution in [0.4, 0.5) is 0 Å². The van der Waals surface area contributed by atoms with Gasteiger partial charge in [-0.05, 0) is 32.9 Å². The summed E-state index contributed by atoms with van der Waals surface area (Å²) in [6.07, 6.45) is 3.32. The largest absolute Gasteiger partial charge is 0.378 e. The molecule has 0 bridgehead atoms. The van der Waals surface area contributed by atoms with Gasteiger partial charge in [-0.15, -0.1) is 0 Å². The maximum absolute atomic E-state index is 12.5. The Bertz CT molecular complexity index is 418. The minimum atomic E-state index is -0.346. The molecule has 3 saturated heterocycles. The van der Waals surface area contributed by atoms with E-state index in [-0.39, 0.29) is 17.2 Å². The fourth-order valence-corrected chi connectivity index (χ4v) is 3.91. The molecule has 6 nitrogen and oxygen atoms in total. The number of likely N-dealkylation sites (tertiary alicyclic amines) is 2. The summed E-state index contributed by atoms with van der Waals surface area (Å²) in [7, 11) is 2.13. The third kappa shape index (κ3) is 3.06. The SMILES string of the molecule is CN1CC[C@]2(CCCN(C(=O)C(=O)N3CCOCC3)C2)C1. The predicted octanol–water partition coefficient (Wildman–Crippen LogP) is -0.210. The van der Waals surface area contributed by atoms with Gasteiger partial charge in [0.25, 0.3) is 0 Å². The first-order valence-corrected chi connectivity index (χ1v) is 7.94. The lowest BCUT2D eigenvalue weighted by Crippen LogP contribution is -2.53. The highest BCUT2D eigenvalue weighted by Gasteiger charge is 2.42. The lowest BCUT2D eigenvalue weighted by molar-refractivity contribution is -0.155. The second-order valence-corrected chi connectivity index (χ2v) is 6.72. The number of morpholine rings is 1. The monoisotopic (exact) mass is 295 g/mol. The van der Waals surface area contributed by atoms with Crippen LogP contribution < -0.4 is 0 Å². The Labute approximate surface area is 126 Å². The highest BCUT2D eigenvalue weighted by molar-refractivity contribution is 6.34. The molecule has 1 atom stereocenters. The smallest absolute Gasteiger partial charge is 0.312 e. The second-order valence-electron chi connectivity index (χ2n) is 6.72. The molecule has 3 aliphatic heterocycles. The first kappa shape index (κ1) is 14.8. The third-order valence-electron chi connectivity index (χ3n) is 5.06. The van der Waals surface area contributed by atoms with Gasteiger partial charge in [-0.1, -0.05) is 0 Å². The summed E-state index contributed by atoms with van der Waals surface area (Å²) in [5.41, 5.74) is 0.216. The molecule has 6 heteroatoms. The lowest BCUT2D eigenvalue weighted by atomic mass is 9.79. The van der Waals surface area contributed by atoms with E-state index in [4.69, 9.17) is 4.74 Å². The van der Waals surface area contributed by atoms with Crippen molar-refractivity contribution in [1.29, 1.82) is 0 Å². The summed E-state index contributed by atoms with van der Waals surface area (Å²) in [5.74, 6) is -0.660. The number of nitrogens with zero attached hydrogens (tertiary/aromatic N) is 3. The highest BCUT2D eigenvalue weighted by atomic mass is 16.5. The minimum Gasteiger partial charge on any atom is -0.378 e. The van der Waals surface area contributed by atoms with Gasteiger partial charge in [0.15, 0.2) is 0 Å². The molecular formula is C15H25N3O3. The molecule has 0 radical (unpaired) electrons. The third-order valence-corrected chi connectivity index (χ3v) is 5.06. The van der Waals surface area contributed by atoms with Crippen LogP contribution in [0, 0.1) is 5.41 Å². The first-order valence-electron chi connectivity index (χ1n) is 7.94. The number of rotatable bonds is 0. The van der Waals surface area contributed by atoms with E-state index in [0.29, 0.717) is 26.3 Å². The van der Waals surface area contributed by atoms with Crippen LogP contribution in [-0.2, 0) is 14.3 Å². The van der Waals surface area contributed by atoms with Crippen LogP contribution in [0.25, 0.3) is 0 Å². The number of carbonyl (C=O) groups is 2. The van der Waals surface area contributed by atoms with Gasteiger partial charge in [-0.3, -0.25) is 9.59 Å². The molecule has 3 fully saturated rings. The number of piperidine rings is 1. The number of ether oxygens (including phenoxy) is 1. The van der Waals surface area contributed by atoms with Gasteiger partial charge < -0.3 is 19.4 Å². The maximum Gasteiger partial charge on any atom is 0.312 e. The van der Waals surface area contributed by atoms with Crippen LogP contribution in [0.5, 0.6) is 0 Å². The highest BCUT2D eigenvalue weighted by Crippen LogP contribution is 2.38. The molecule has 1 spiro atoms. The van der Waals surface area contributed by atoms with Crippen molar-refractivity contribution in [2.45, 2.75) is 19.3 Å². The zero-order valence-electron chi connectivity index (χ0n) is 12.8. The quantitative estimate of drug-likeness (QED) is 0.580. The van der Waals surface area contributed by atoms with Crippen LogP contribution in [0.1, 0.15) is 19.3 Å². The van der Waals surface area contributed by atoms with Crippen molar-refractivity contribution in [2.24, 2.45) is 5.41 Å². The van der Waals surface area contributed by atoms with Crippen LogP contribution in [-0.4, -0.2) is 86.0 Å². The molecule has 0 aliphatic carbocycles. The Morgan fingerprint density at radius 3 is 2.29 bits per heavy atom. The fraction of sp³-hybridized carbons (Fsp3) is 0.867. The van der Waals surface area contributed by atoms with Crippen LogP contribution in [0.15, 0.2) is 0 Å². The van der Waals surface area contributed by atoms with Gasteiger partial charge in [-0.2, -0.15) is 0 Å². The second kappa shape index (κ2) is 5.93. The summed E-state index contributed by atoms with van der Waals surface area (Å²) in [4.78, 5) is 30.6. The van der Waals surface area contributed by atoms with Crippen molar-refractivity contribution in [3.63, 3.8) is 0 Å². The molecule has 3 aliphatic rings. The van der Waals surface area contributed by atoms with E-state index in [1.165, 1.54) is 6.42 Å². The zero-order valence-corrected chi connectivity index (χ0v) is 12.8. The Kier molecular flexibility index (Phi) is 4.17. The van der Waals surface area contributed by atoms with Crippen LogP contribution >= 0.6 is 0 Å². The Balaban J connectivity index is 1.62. The van der Waals surface area contributed by atoms with Gasteiger partial charge >= 0.3 is 11.8 Å². The minimum absolute atomic E-state index is 0.216. The molecule has 0 aromatic rings. The Morgan fingerprint density at radius 2 is 1.62 bits per heavy atom. The van der Waals surface area contributed by atoms with Crippen molar-refractivity contribution >= 4 is 11.8 Å². The van der Waals surface area contributed by atoms with E-state index >= 15 is 0 Å². The number of hydrogen-bond donors (Lipinski definition) is 0. The maximum atomic E-state index is 12.5. The fourth-order valence-electron chi connectivity index (χ4n) is 3.91. The summed E-state index contributed by atoms with van der Waals surface area (Å²) in [5, 5.41) is 0. The van der Waals surface area contributed by atoms with E-state index in [1.54, 1.807) is 9.80 Å². The molecule has 0 saturated carbocycles. The molecule has 3 heterocycles. The molecule has 21 heavy (non-hydrogen) atoms. The number of hydrogen-bond acceptors (Lipinski definition) is 4. The van der Waals surface area contributed by atoms with E-state index in [1.807, 2.05) is 0 Å². The van der Waals surface area contributed by atoms with Gasteiger partial charge in [0, 0.05) is 38.1 Å². The lowest BCUT2D eigenvalue weighted by Gasteiger charge is -2.40. The summed E-state index contributed by atoms with van der Waals surface area (Å²) in [6, 6.07) is 0. The normalized spacial score (nSPS) is 30.9. The van der Waals surface area contributed by atoms with E-state index in [2.05, 4.69) is 11.9 Å². The van der Waals surface area contributed by atoms with E-state index in [0.717, 1.165) is 39.0 Å². The average Bonchev–Trinajstić information content (AvgIpc) is 2.87. The van der Waals surface area contributed by atoms with Crippen molar-refractivity contribution in [1.82, 2.24) is 14.7 Å². The molecule has 2 amide bonds. The van der Waals surface area contributed by atoms with Gasteiger partial charge in [0.2, 0.25) is 0 Å². The van der Waals surface area contributed by atoms with Crippen LogP contribution in [0.3, 0.4) is 0 Å². The van der Waals surface area contributed by atoms with Crippen LogP contribution in [0.2, 0.25) is 0 Å². The van der Waals surface area contributed by atoms with E-state index in [9.17, 15) is 9.59 Å². The van der Waals surface area contributed by atoms with Crippen molar-refractivity contribution in [3.8, 4) is 0 Å². The summed E-state index contributed by atoms with van der Waals surface area (Å²) >= 11 is 0. The van der Waals surface area contributed by atoms with Gasteiger partial charge in [-0.25, -0.2) is 0 Å². The van der Waals surface area contributed by atoms with Crippen molar-refractivity contribution in [2.75, 3.05) is 59.5 Å². The molecular weight excluding hydrogens is 270 g/mol.